The smallest absolute Gasteiger partial charge is 0.275 e. The Kier molecular flexibility index (Phi) is 4.42. The average molecular weight is 397 g/mol. The molecule has 0 unspecified atom stereocenters. The van der Waals surface area contributed by atoms with Gasteiger partial charge in [-0.15, -0.1) is 22.7 Å². The van der Waals surface area contributed by atoms with E-state index in [4.69, 9.17) is 0 Å². The zero-order valence-electron chi connectivity index (χ0n) is 12.0. The Labute approximate surface area is 144 Å². The van der Waals surface area contributed by atoms with Gasteiger partial charge in [-0.2, -0.15) is 5.10 Å². The highest BCUT2D eigenvalue weighted by molar-refractivity contribution is 9.11. The Morgan fingerprint density at radius 3 is 2.95 bits per heavy atom. The van der Waals surface area contributed by atoms with Crippen molar-refractivity contribution in [2.45, 2.75) is 20.4 Å². The van der Waals surface area contributed by atoms with Gasteiger partial charge in [0.15, 0.2) is 5.13 Å². The summed E-state index contributed by atoms with van der Waals surface area (Å²) in [6.07, 6.45) is 0. The van der Waals surface area contributed by atoms with Crippen LogP contribution in [0.5, 0.6) is 0 Å². The van der Waals surface area contributed by atoms with Crippen LogP contribution in [0.25, 0.3) is 10.6 Å². The molecule has 1 amide bonds. The molecule has 0 aromatic carbocycles. The number of nitrogens with one attached hydrogen (secondary N) is 1. The average Bonchev–Trinajstić information content (AvgIpc) is 3.18. The molecule has 1 N–H and O–H groups in total. The molecule has 0 spiro atoms. The van der Waals surface area contributed by atoms with Crippen molar-refractivity contribution in [3.63, 3.8) is 0 Å². The fraction of sp³-hybridized carbons (Fsp3) is 0.214. The van der Waals surface area contributed by atoms with E-state index in [-0.39, 0.29) is 5.91 Å². The van der Waals surface area contributed by atoms with Crippen molar-refractivity contribution in [3.05, 3.63) is 38.8 Å². The lowest BCUT2D eigenvalue weighted by molar-refractivity contribution is 0.101. The summed E-state index contributed by atoms with van der Waals surface area (Å²) in [5, 5.41) is 9.66. The molecular weight excluding hydrogens is 384 g/mol. The number of nitrogens with zero attached hydrogens (tertiary/aromatic N) is 3. The Balaban J connectivity index is 1.78. The number of aryl methyl sites for hydroxylation is 2. The van der Waals surface area contributed by atoms with E-state index in [0.717, 1.165) is 20.1 Å². The zero-order valence-corrected chi connectivity index (χ0v) is 15.2. The third-order valence-electron chi connectivity index (χ3n) is 2.98. The highest BCUT2D eigenvalue weighted by Crippen LogP contribution is 2.33. The SMILES string of the molecule is CCn1nc(C)cc1C(=O)Nc1nc(-c2ccc(Br)s2)cs1. The van der Waals surface area contributed by atoms with Crippen molar-refractivity contribution in [3.8, 4) is 10.6 Å². The van der Waals surface area contributed by atoms with E-state index in [1.165, 1.54) is 11.3 Å². The molecule has 3 heterocycles. The third-order valence-corrected chi connectivity index (χ3v) is 5.39. The summed E-state index contributed by atoms with van der Waals surface area (Å²) in [5.74, 6) is -0.185. The van der Waals surface area contributed by atoms with Crippen LogP contribution >= 0.6 is 38.6 Å². The van der Waals surface area contributed by atoms with E-state index in [9.17, 15) is 4.79 Å². The van der Waals surface area contributed by atoms with Crippen molar-refractivity contribution in [2.24, 2.45) is 0 Å². The van der Waals surface area contributed by atoms with Gasteiger partial charge in [-0.05, 0) is 48.0 Å². The van der Waals surface area contributed by atoms with Gasteiger partial charge in [-0.1, -0.05) is 0 Å². The Hall–Kier alpha value is -1.51. The highest BCUT2D eigenvalue weighted by Gasteiger charge is 2.15. The van der Waals surface area contributed by atoms with Crippen molar-refractivity contribution in [2.75, 3.05) is 5.32 Å². The second kappa shape index (κ2) is 6.31. The van der Waals surface area contributed by atoms with Crippen LogP contribution in [0.3, 0.4) is 0 Å². The number of thiophene rings is 1. The van der Waals surface area contributed by atoms with E-state index >= 15 is 0 Å². The minimum atomic E-state index is -0.185. The molecule has 22 heavy (non-hydrogen) atoms. The third kappa shape index (κ3) is 3.13. The summed E-state index contributed by atoms with van der Waals surface area (Å²) in [5.41, 5.74) is 2.25. The van der Waals surface area contributed by atoms with Crippen LogP contribution < -0.4 is 5.32 Å². The molecule has 8 heteroatoms. The largest absolute Gasteiger partial charge is 0.296 e. The van der Waals surface area contributed by atoms with Crippen LogP contribution in [0.15, 0.2) is 27.4 Å². The fourth-order valence-corrected chi connectivity index (χ4v) is 4.15. The predicted molar refractivity (Wildman–Crippen MR) is 93.7 cm³/mol. The molecule has 0 fully saturated rings. The van der Waals surface area contributed by atoms with Gasteiger partial charge < -0.3 is 0 Å². The maximum Gasteiger partial charge on any atom is 0.275 e. The Morgan fingerprint density at radius 2 is 2.27 bits per heavy atom. The predicted octanol–water partition coefficient (Wildman–Crippen LogP) is 4.41. The topological polar surface area (TPSA) is 59.8 Å². The first-order chi connectivity index (χ1) is 10.6. The van der Waals surface area contributed by atoms with E-state index in [2.05, 4.69) is 31.3 Å². The summed E-state index contributed by atoms with van der Waals surface area (Å²) in [7, 11) is 0. The number of amides is 1. The lowest BCUT2D eigenvalue weighted by atomic mass is 10.3. The lowest BCUT2D eigenvalue weighted by Gasteiger charge is -2.03. The molecule has 0 aliphatic carbocycles. The number of hydrogen-bond donors (Lipinski definition) is 1. The highest BCUT2D eigenvalue weighted by atomic mass is 79.9. The number of anilines is 1. The second-order valence-electron chi connectivity index (χ2n) is 4.58. The second-order valence-corrected chi connectivity index (χ2v) is 7.90. The van der Waals surface area contributed by atoms with Crippen LogP contribution in [0.2, 0.25) is 0 Å². The van der Waals surface area contributed by atoms with Gasteiger partial charge >= 0.3 is 0 Å². The molecule has 0 bridgehead atoms. The Morgan fingerprint density at radius 1 is 1.45 bits per heavy atom. The van der Waals surface area contributed by atoms with Crippen LogP contribution in [0.4, 0.5) is 5.13 Å². The number of hydrogen-bond acceptors (Lipinski definition) is 5. The molecule has 3 rings (SSSR count). The van der Waals surface area contributed by atoms with Gasteiger partial charge in [0, 0.05) is 11.9 Å². The normalized spacial score (nSPS) is 10.9. The first-order valence-electron chi connectivity index (χ1n) is 6.64. The van der Waals surface area contributed by atoms with Crippen LogP contribution in [-0.4, -0.2) is 20.7 Å². The molecule has 0 atom stereocenters. The number of thiazole rings is 1. The number of halogens is 1. The molecule has 0 radical (unpaired) electrons. The van der Waals surface area contributed by atoms with Crippen LogP contribution in [0.1, 0.15) is 23.1 Å². The van der Waals surface area contributed by atoms with E-state index < -0.39 is 0 Å². The standard InChI is InChI=1S/C14H13BrN4OS2/c1-3-19-10(6-8(2)18-19)13(20)17-14-16-9(7-21-14)11-4-5-12(15)22-11/h4-7H,3H2,1-2H3,(H,16,17,20). The quantitative estimate of drug-likeness (QED) is 0.710. The number of carbonyl (C=O) groups is 1. The lowest BCUT2D eigenvalue weighted by Crippen LogP contribution is -2.17. The summed E-state index contributed by atoms with van der Waals surface area (Å²) in [6, 6.07) is 5.77. The summed E-state index contributed by atoms with van der Waals surface area (Å²) in [4.78, 5) is 17.9. The number of carbonyl (C=O) groups excluding carboxylic acids is 1. The molecule has 3 aromatic heterocycles. The van der Waals surface area contributed by atoms with Gasteiger partial charge in [0.05, 0.1) is 20.1 Å². The van der Waals surface area contributed by atoms with Gasteiger partial charge in [0.25, 0.3) is 5.91 Å². The molecule has 0 saturated carbocycles. The van der Waals surface area contributed by atoms with Gasteiger partial charge in [-0.25, -0.2) is 4.98 Å². The minimum Gasteiger partial charge on any atom is -0.296 e. The maximum absolute atomic E-state index is 12.3. The minimum absolute atomic E-state index is 0.185. The molecular formula is C14H13BrN4OS2. The van der Waals surface area contributed by atoms with Crippen molar-refractivity contribution in [1.29, 1.82) is 0 Å². The summed E-state index contributed by atoms with van der Waals surface area (Å²) < 4.78 is 2.75. The molecule has 5 nitrogen and oxygen atoms in total. The van der Waals surface area contributed by atoms with Gasteiger partial charge in [0.2, 0.25) is 0 Å². The van der Waals surface area contributed by atoms with Crippen molar-refractivity contribution in [1.82, 2.24) is 14.8 Å². The fourth-order valence-electron chi connectivity index (χ4n) is 2.03. The van der Waals surface area contributed by atoms with E-state index in [1.807, 2.05) is 31.4 Å². The van der Waals surface area contributed by atoms with Crippen molar-refractivity contribution >= 4 is 49.6 Å². The monoisotopic (exact) mass is 396 g/mol. The Bertz CT molecular complexity index is 821. The number of aromatic nitrogens is 3. The van der Waals surface area contributed by atoms with Gasteiger partial charge in [-0.3, -0.25) is 14.8 Å². The summed E-state index contributed by atoms with van der Waals surface area (Å²) in [6.45, 7) is 4.49. The maximum atomic E-state index is 12.3. The zero-order chi connectivity index (χ0) is 15.7. The van der Waals surface area contributed by atoms with Crippen LogP contribution in [0, 0.1) is 6.92 Å². The number of rotatable bonds is 4. The van der Waals surface area contributed by atoms with E-state index in [1.54, 1.807) is 22.1 Å². The molecule has 0 saturated heterocycles. The summed E-state index contributed by atoms with van der Waals surface area (Å²) >= 11 is 6.47. The molecule has 114 valence electrons. The van der Waals surface area contributed by atoms with Gasteiger partial charge in [0.1, 0.15) is 5.69 Å². The van der Waals surface area contributed by atoms with Crippen molar-refractivity contribution < 1.29 is 4.79 Å². The first kappa shape index (κ1) is 15.4. The molecule has 0 aliphatic heterocycles. The molecule has 3 aromatic rings. The molecule has 0 aliphatic rings. The van der Waals surface area contributed by atoms with E-state index in [0.29, 0.717) is 17.4 Å². The first-order valence-corrected chi connectivity index (χ1v) is 9.12. The van der Waals surface area contributed by atoms with Crippen LogP contribution in [-0.2, 0) is 6.54 Å².